The van der Waals surface area contributed by atoms with Gasteiger partial charge in [0.05, 0.1) is 19.3 Å². The first-order valence-corrected chi connectivity index (χ1v) is 12.0. The minimum absolute atomic E-state index is 0.0409. The molecule has 34 heavy (non-hydrogen) atoms. The predicted octanol–water partition coefficient (Wildman–Crippen LogP) is 4.20. The van der Waals surface area contributed by atoms with E-state index in [1.807, 2.05) is 0 Å². The third-order valence-corrected chi connectivity index (χ3v) is 7.66. The van der Waals surface area contributed by atoms with Crippen molar-refractivity contribution in [2.24, 2.45) is 7.05 Å². The third-order valence-electron chi connectivity index (χ3n) is 7.66. The van der Waals surface area contributed by atoms with Gasteiger partial charge in [-0.3, -0.25) is 14.6 Å². The Morgan fingerprint density at radius 1 is 1.09 bits per heavy atom. The van der Waals surface area contributed by atoms with Crippen LogP contribution in [0.4, 0.5) is 0 Å². The zero-order valence-corrected chi connectivity index (χ0v) is 19.6. The first-order valence-electron chi connectivity index (χ1n) is 12.0. The number of fused-ring (bicyclic) bond motifs is 4. The zero-order chi connectivity index (χ0) is 23.2. The van der Waals surface area contributed by atoms with E-state index in [0.29, 0.717) is 0 Å². The van der Waals surface area contributed by atoms with Gasteiger partial charge in [0, 0.05) is 49.1 Å². The van der Waals surface area contributed by atoms with E-state index >= 15 is 0 Å². The molecule has 0 aliphatic carbocycles. The lowest BCUT2D eigenvalue weighted by Crippen LogP contribution is -2.43. The van der Waals surface area contributed by atoms with Crippen molar-refractivity contribution in [1.82, 2.24) is 19.4 Å². The van der Waals surface area contributed by atoms with Gasteiger partial charge in [-0.1, -0.05) is 42.5 Å². The van der Waals surface area contributed by atoms with Crippen LogP contribution in [0.2, 0.25) is 0 Å². The monoisotopic (exact) mass is 454 g/mol. The Morgan fingerprint density at radius 2 is 1.91 bits per heavy atom. The number of hydrogen-bond acceptors (Lipinski definition) is 4. The molecule has 1 fully saturated rings. The van der Waals surface area contributed by atoms with Crippen molar-refractivity contribution in [2.45, 2.75) is 31.1 Å². The number of esters is 1. The van der Waals surface area contributed by atoms with Crippen LogP contribution in [-0.4, -0.2) is 51.6 Å². The zero-order valence-electron chi connectivity index (χ0n) is 19.6. The summed E-state index contributed by atoms with van der Waals surface area (Å²) in [5.41, 5.74) is 6.28. The van der Waals surface area contributed by atoms with Gasteiger partial charge in [0.1, 0.15) is 6.04 Å². The molecule has 6 nitrogen and oxygen atoms in total. The van der Waals surface area contributed by atoms with Crippen molar-refractivity contribution < 1.29 is 9.53 Å². The number of H-pyrrole nitrogens is 1. The van der Waals surface area contributed by atoms with E-state index in [1.165, 1.54) is 29.2 Å². The Labute approximate surface area is 199 Å². The van der Waals surface area contributed by atoms with E-state index < -0.39 is 0 Å². The molecule has 4 aromatic rings. The minimum Gasteiger partial charge on any atom is -0.468 e. The van der Waals surface area contributed by atoms with Gasteiger partial charge in [-0.05, 0) is 47.7 Å². The molecular weight excluding hydrogens is 424 g/mol. The number of nitrogens with one attached hydrogen (secondary N) is 1. The Kier molecular flexibility index (Phi) is 5.27. The molecule has 0 spiro atoms. The summed E-state index contributed by atoms with van der Waals surface area (Å²) in [6, 6.07) is 20.9. The molecule has 3 atom stereocenters. The summed E-state index contributed by atoms with van der Waals surface area (Å²) in [7, 11) is 3.57. The van der Waals surface area contributed by atoms with Crippen LogP contribution in [0.3, 0.4) is 0 Å². The van der Waals surface area contributed by atoms with E-state index in [4.69, 9.17) is 4.74 Å². The molecule has 6 heteroatoms. The summed E-state index contributed by atoms with van der Waals surface area (Å²) in [6.45, 7) is 1.67. The van der Waals surface area contributed by atoms with Gasteiger partial charge in [-0.15, -0.1) is 0 Å². The van der Waals surface area contributed by atoms with Crippen LogP contribution < -0.4 is 0 Å². The summed E-state index contributed by atoms with van der Waals surface area (Å²) < 4.78 is 7.52. The molecule has 1 N–H and O–H groups in total. The number of carbonyl (C=O) groups is 1. The lowest BCUT2D eigenvalue weighted by Gasteiger charge is -2.37. The predicted molar refractivity (Wildman–Crippen MR) is 132 cm³/mol. The summed E-state index contributed by atoms with van der Waals surface area (Å²) in [5, 5.41) is 1.27. The number of carbonyl (C=O) groups excluding carboxylic acids is 1. The standard InChI is InChI=1S/C28H30N4O2/c1-30-15-7-12-24(30)25-26(28(33)34-2)32-16-13-19-8-3-4-10-22(19)27(32)31(25)17-14-20-18-29-23-11-6-5-9-21(20)23/h3-12,15,18,25-27,29H,13-14,16-17H2,1-2H3/t25-,26+,27-/m1/s1. The fourth-order valence-corrected chi connectivity index (χ4v) is 6.09. The highest BCUT2D eigenvalue weighted by atomic mass is 16.5. The van der Waals surface area contributed by atoms with Crippen molar-refractivity contribution >= 4 is 16.9 Å². The number of ether oxygens (including phenoxy) is 1. The van der Waals surface area contributed by atoms with Gasteiger partial charge < -0.3 is 14.3 Å². The highest BCUT2D eigenvalue weighted by Crippen LogP contribution is 2.48. The van der Waals surface area contributed by atoms with Crippen LogP contribution in [0.15, 0.2) is 73.1 Å². The Hall–Kier alpha value is -3.35. The van der Waals surface area contributed by atoms with Gasteiger partial charge >= 0.3 is 5.97 Å². The number of methoxy groups -OCH3 is 1. The summed E-state index contributed by atoms with van der Waals surface area (Å²) >= 11 is 0. The maximum atomic E-state index is 13.2. The van der Waals surface area contributed by atoms with E-state index in [2.05, 4.69) is 99.5 Å². The third kappa shape index (κ3) is 3.29. The Bertz CT molecular complexity index is 1340. The highest BCUT2D eigenvalue weighted by Gasteiger charge is 2.53. The van der Waals surface area contributed by atoms with Crippen molar-refractivity contribution in [1.29, 1.82) is 0 Å². The van der Waals surface area contributed by atoms with Crippen LogP contribution in [0.1, 0.15) is 34.6 Å². The van der Waals surface area contributed by atoms with Crippen LogP contribution in [-0.2, 0) is 29.4 Å². The normalized spacial score (nSPS) is 22.6. The topological polar surface area (TPSA) is 53.5 Å². The minimum atomic E-state index is -0.347. The van der Waals surface area contributed by atoms with Crippen LogP contribution in [0, 0.1) is 0 Å². The first kappa shape index (κ1) is 21.2. The average Bonchev–Trinajstić information content (AvgIpc) is 3.57. The van der Waals surface area contributed by atoms with Crippen molar-refractivity contribution in [3.8, 4) is 0 Å². The number of hydrogen-bond donors (Lipinski definition) is 1. The van der Waals surface area contributed by atoms with Gasteiger partial charge in [0.2, 0.25) is 0 Å². The summed E-state index contributed by atoms with van der Waals surface area (Å²) in [4.78, 5) is 21.5. The molecule has 2 aliphatic heterocycles. The maximum Gasteiger partial charge on any atom is 0.325 e. The number of benzene rings is 2. The molecule has 174 valence electrons. The molecule has 0 radical (unpaired) electrons. The molecule has 2 aromatic heterocycles. The second kappa shape index (κ2) is 8.46. The number of aromatic nitrogens is 2. The maximum absolute atomic E-state index is 13.2. The van der Waals surface area contributed by atoms with Crippen LogP contribution >= 0.6 is 0 Å². The fraction of sp³-hybridized carbons (Fsp3) is 0.321. The van der Waals surface area contributed by atoms with Gasteiger partial charge in [0.15, 0.2) is 0 Å². The Balaban J connectivity index is 1.45. The number of aryl methyl sites for hydroxylation is 1. The summed E-state index contributed by atoms with van der Waals surface area (Å²) in [5.74, 6) is -0.162. The second-order valence-electron chi connectivity index (χ2n) is 9.36. The summed E-state index contributed by atoms with van der Waals surface area (Å²) in [6.07, 6.45) is 6.07. The van der Waals surface area contributed by atoms with Gasteiger partial charge in [-0.2, -0.15) is 0 Å². The van der Waals surface area contributed by atoms with E-state index in [0.717, 1.165) is 37.1 Å². The van der Waals surface area contributed by atoms with E-state index in [-0.39, 0.29) is 24.2 Å². The van der Waals surface area contributed by atoms with E-state index in [9.17, 15) is 4.79 Å². The molecular formula is C28H30N4O2. The second-order valence-corrected chi connectivity index (χ2v) is 9.36. The molecule has 2 aliphatic rings. The van der Waals surface area contributed by atoms with Crippen LogP contribution in [0.25, 0.3) is 10.9 Å². The number of nitrogens with zero attached hydrogens (tertiary/aromatic N) is 3. The molecule has 2 aromatic carbocycles. The highest BCUT2D eigenvalue weighted by molar-refractivity contribution is 5.83. The smallest absolute Gasteiger partial charge is 0.325 e. The molecule has 0 saturated carbocycles. The molecule has 6 rings (SSSR count). The molecule has 0 bridgehead atoms. The largest absolute Gasteiger partial charge is 0.468 e. The lowest BCUT2D eigenvalue weighted by molar-refractivity contribution is -0.147. The number of rotatable bonds is 5. The van der Waals surface area contributed by atoms with Gasteiger partial charge in [-0.25, -0.2) is 0 Å². The molecule has 1 saturated heterocycles. The SMILES string of the molecule is COC(=O)[C@@H]1[C@@H](c2cccn2C)N(CCc2c[nH]c3ccccc23)[C@H]2c3ccccc3CCN21. The molecule has 0 unspecified atom stereocenters. The van der Waals surface area contributed by atoms with Crippen LogP contribution in [0.5, 0.6) is 0 Å². The number of aromatic amines is 1. The van der Waals surface area contributed by atoms with E-state index in [1.54, 1.807) is 0 Å². The fourth-order valence-electron chi connectivity index (χ4n) is 6.09. The first-order chi connectivity index (χ1) is 16.7. The Morgan fingerprint density at radius 3 is 2.74 bits per heavy atom. The van der Waals surface area contributed by atoms with Crippen molar-refractivity contribution in [3.05, 3.63) is 95.4 Å². The quantitative estimate of drug-likeness (QED) is 0.459. The molecule has 0 amide bonds. The average molecular weight is 455 g/mol. The van der Waals surface area contributed by atoms with Gasteiger partial charge in [0.25, 0.3) is 0 Å². The lowest BCUT2D eigenvalue weighted by atomic mass is 9.96. The molecule has 4 heterocycles. The number of para-hydroxylation sites is 1. The van der Waals surface area contributed by atoms with Crippen molar-refractivity contribution in [3.63, 3.8) is 0 Å². The van der Waals surface area contributed by atoms with Crippen molar-refractivity contribution in [2.75, 3.05) is 20.2 Å².